The van der Waals surface area contributed by atoms with E-state index in [-0.39, 0.29) is 11.9 Å². The third-order valence-corrected chi connectivity index (χ3v) is 3.04. The lowest BCUT2D eigenvalue weighted by Gasteiger charge is -2.33. The second kappa shape index (κ2) is 4.60. The summed E-state index contributed by atoms with van der Waals surface area (Å²) in [6.07, 6.45) is 4.55. The normalized spacial score (nSPS) is 20.9. The van der Waals surface area contributed by atoms with Gasteiger partial charge in [-0.3, -0.25) is 4.79 Å². The molecule has 1 saturated heterocycles. The Hall–Kier alpha value is -1.45. The molecule has 1 aromatic rings. The van der Waals surface area contributed by atoms with Gasteiger partial charge in [0.15, 0.2) is 0 Å². The fourth-order valence-corrected chi connectivity index (χ4v) is 2.10. The third kappa shape index (κ3) is 2.21. The highest BCUT2D eigenvalue weighted by Gasteiger charge is 2.24. The van der Waals surface area contributed by atoms with Crippen LogP contribution in [0.2, 0.25) is 0 Å². The van der Waals surface area contributed by atoms with Crippen molar-refractivity contribution in [2.75, 3.05) is 6.54 Å². The van der Waals surface area contributed by atoms with Gasteiger partial charge in [0.05, 0.1) is 0 Å². The number of hydrogen-bond donors (Lipinski definition) is 0. The van der Waals surface area contributed by atoms with Crippen LogP contribution in [-0.2, 0) is 0 Å². The van der Waals surface area contributed by atoms with E-state index in [0.717, 1.165) is 25.8 Å². The van der Waals surface area contributed by atoms with E-state index in [9.17, 15) is 9.18 Å². The number of amides is 1. The van der Waals surface area contributed by atoms with Gasteiger partial charge in [0, 0.05) is 30.4 Å². The number of pyridine rings is 1. The van der Waals surface area contributed by atoms with Gasteiger partial charge in [0.25, 0.3) is 5.91 Å². The van der Waals surface area contributed by atoms with Crippen LogP contribution in [0.4, 0.5) is 4.39 Å². The predicted molar refractivity (Wildman–Crippen MR) is 58.5 cm³/mol. The van der Waals surface area contributed by atoms with E-state index >= 15 is 0 Å². The minimum absolute atomic E-state index is 0.0894. The average Bonchev–Trinajstić information content (AvgIpc) is 2.29. The Morgan fingerprint density at radius 3 is 3.06 bits per heavy atom. The molecule has 0 aromatic carbocycles. The molecule has 1 atom stereocenters. The van der Waals surface area contributed by atoms with Crippen LogP contribution in [0.3, 0.4) is 0 Å². The summed E-state index contributed by atoms with van der Waals surface area (Å²) < 4.78 is 12.9. The number of hydrogen-bond acceptors (Lipinski definition) is 2. The lowest BCUT2D eigenvalue weighted by molar-refractivity contribution is 0.0635. The molecule has 0 aliphatic carbocycles. The molecule has 2 rings (SSSR count). The number of piperidine rings is 1. The van der Waals surface area contributed by atoms with Crippen LogP contribution in [0.5, 0.6) is 0 Å². The van der Waals surface area contributed by atoms with Gasteiger partial charge in [-0.2, -0.15) is 4.39 Å². The van der Waals surface area contributed by atoms with E-state index < -0.39 is 5.95 Å². The van der Waals surface area contributed by atoms with Gasteiger partial charge in [0.1, 0.15) is 0 Å². The Kier molecular flexibility index (Phi) is 3.17. The molecule has 1 unspecified atom stereocenters. The molecule has 0 spiro atoms. The van der Waals surface area contributed by atoms with Crippen LogP contribution in [0.25, 0.3) is 0 Å². The molecule has 1 aliphatic heterocycles. The van der Waals surface area contributed by atoms with E-state index in [0.29, 0.717) is 5.56 Å². The Morgan fingerprint density at radius 1 is 1.56 bits per heavy atom. The molecule has 1 fully saturated rings. The number of carbonyl (C=O) groups excluding carboxylic acids is 1. The summed E-state index contributed by atoms with van der Waals surface area (Å²) in [5, 5.41) is 0. The molecule has 86 valence electrons. The van der Waals surface area contributed by atoms with Crippen LogP contribution in [0.15, 0.2) is 18.3 Å². The Bertz CT molecular complexity index is 394. The molecule has 3 nitrogen and oxygen atoms in total. The first-order chi connectivity index (χ1) is 7.68. The monoisotopic (exact) mass is 222 g/mol. The van der Waals surface area contributed by atoms with Crippen molar-refractivity contribution in [1.82, 2.24) is 9.88 Å². The topological polar surface area (TPSA) is 33.2 Å². The zero-order chi connectivity index (χ0) is 11.5. The predicted octanol–water partition coefficient (Wildman–Crippen LogP) is 2.24. The summed E-state index contributed by atoms with van der Waals surface area (Å²) >= 11 is 0. The zero-order valence-electron chi connectivity index (χ0n) is 9.32. The summed E-state index contributed by atoms with van der Waals surface area (Å²) in [7, 11) is 0. The highest BCUT2D eigenvalue weighted by molar-refractivity contribution is 5.94. The van der Waals surface area contributed by atoms with Gasteiger partial charge in [0.2, 0.25) is 5.95 Å². The highest BCUT2D eigenvalue weighted by Crippen LogP contribution is 2.19. The minimum atomic E-state index is -0.601. The molecule has 1 amide bonds. The molecule has 2 heterocycles. The largest absolute Gasteiger partial charge is 0.336 e. The van der Waals surface area contributed by atoms with E-state index in [1.807, 2.05) is 11.8 Å². The molecule has 0 bridgehead atoms. The Labute approximate surface area is 94.3 Å². The fraction of sp³-hybridized carbons (Fsp3) is 0.500. The number of halogens is 1. The zero-order valence-corrected chi connectivity index (χ0v) is 9.32. The van der Waals surface area contributed by atoms with Crippen molar-refractivity contribution in [3.05, 3.63) is 29.8 Å². The van der Waals surface area contributed by atoms with Crippen molar-refractivity contribution in [3.63, 3.8) is 0 Å². The van der Waals surface area contributed by atoms with Crippen molar-refractivity contribution in [2.24, 2.45) is 0 Å². The molecule has 4 heteroatoms. The number of rotatable bonds is 1. The molecule has 0 radical (unpaired) electrons. The van der Waals surface area contributed by atoms with E-state index in [1.54, 1.807) is 6.07 Å². The second-order valence-corrected chi connectivity index (χ2v) is 4.21. The van der Waals surface area contributed by atoms with E-state index in [1.165, 1.54) is 12.3 Å². The van der Waals surface area contributed by atoms with Gasteiger partial charge in [-0.1, -0.05) is 0 Å². The molecule has 0 N–H and O–H groups in total. The quantitative estimate of drug-likeness (QED) is 0.683. The summed E-state index contributed by atoms with van der Waals surface area (Å²) in [5.74, 6) is -0.691. The number of aromatic nitrogens is 1. The van der Waals surface area contributed by atoms with Gasteiger partial charge in [-0.25, -0.2) is 4.98 Å². The summed E-state index contributed by atoms with van der Waals surface area (Å²) in [4.78, 5) is 17.4. The molecule has 1 aromatic heterocycles. The fourth-order valence-electron chi connectivity index (χ4n) is 2.10. The van der Waals surface area contributed by atoms with Crippen LogP contribution in [-0.4, -0.2) is 28.4 Å². The van der Waals surface area contributed by atoms with Crippen LogP contribution in [0.1, 0.15) is 36.5 Å². The molecule has 16 heavy (non-hydrogen) atoms. The lowest BCUT2D eigenvalue weighted by atomic mass is 10.0. The molecule has 0 saturated carbocycles. The van der Waals surface area contributed by atoms with Crippen LogP contribution >= 0.6 is 0 Å². The maximum absolute atomic E-state index is 12.9. The van der Waals surface area contributed by atoms with Gasteiger partial charge >= 0.3 is 0 Å². The van der Waals surface area contributed by atoms with Gasteiger partial charge < -0.3 is 4.90 Å². The van der Waals surface area contributed by atoms with Gasteiger partial charge in [-0.15, -0.1) is 0 Å². The van der Waals surface area contributed by atoms with Crippen molar-refractivity contribution in [1.29, 1.82) is 0 Å². The molecule has 1 aliphatic rings. The Balaban J connectivity index is 2.17. The molecular formula is C12H15FN2O. The highest BCUT2D eigenvalue weighted by atomic mass is 19.1. The SMILES string of the molecule is CC1CCCCN1C(=O)c1ccnc(F)c1. The molecular weight excluding hydrogens is 207 g/mol. The standard InChI is InChI=1S/C12H15FN2O/c1-9-4-2-3-7-15(9)12(16)10-5-6-14-11(13)8-10/h5-6,8-9H,2-4,7H2,1H3. The van der Waals surface area contributed by atoms with Crippen LogP contribution in [0, 0.1) is 5.95 Å². The van der Waals surface area contributed by atoms with E-state index in [2.05, 4.69) is 4.98 Å². The van der Waals surface area contributed by atoms with Gasteiger partial charge in [-0.05, 0) is 32.3 Å². The second-order valence-electron chi connectivity index (χ2n) is 4.21. The smallest absolute Gasteiger partial charge is 0.254 e. The van der Waals surface area contributed by atoms with Crippen LogP contribution < -0.4 is 0 Å². The van der Waals surface area contributed by atoms with Crippen molar-refractivity contribution in [2.45, 2.75) is 32.2 Å². The lowest BCUT2D eigenvalue weighted by Crippen LogP contribution is -2.42. The minimum Gasteiger partial charge on any atom is -0.336 e. The number of carbonyl (C=O) groups is 1. The number of nitrogens with zero attached hydrogens (tertiary/aromatic N) is 2. The first kappa shape index (κ1) is 11.0. The summed E-state index contributed by atoms with van der Waals surface area (Å²) in [5.41, 5.74) is 0.390. The first-order valence-electron chi connectivity index (χ1n) is 5.61. The van der Waals surface area contributed by atoms with E-state index in [4.69, 9.17) is 0 Å². The maximum Gasteiger partial charge on any atom is 0.254 e. The third-order valence-electron chi connectivity index (χ3n) is 3.04. The van der Waals surface area contributed by atoms with Crippen molar-refractivity contribution in [3.8, 4) is 0 Å². The first-order valence-corrected chi connectivity index (χ1v) is 5.61. The van der Waals surface area contributed by atoms with Crippen molar-refractivity contribution < 1.29 is 9.18 Å². The average molecular weight is 222 g/mol. The van der Waals surface area contributed by atoms with Crippen molar-refractivity contribution >= 4 is 5.91 Å². The summed E-state index contributed by atoms with van der Waals surface area (Å²) in [6, 6.07) is 3.01. The number of likely N-dealkylation sites (tertiary alicyclic amines) is 1. The maximum atomic E-state index is 12.9. The summed E-state index contributed by atoms with van der Waals surface area (Å²) in [6.45, 7) is 2.80. The Morgan fingerprint density at radius 2 is 2.38 bits per heavy atom.